The van der Waals surface area contributed by atoms with Crippen molar-refractivity contribution in [2.45, 2.75) is 25.3 Å². The predicted octanol–water partition coefficient (Wildman–Crippen LogP) is 1.59. The number of sulfone groups is 1. The highest BCUT2D eigenvalue weighted by atomic mass is 32.2. The number of benzene rings is 1. The van der Waals surface area contributed by atoms with E-state index in [0.717, 1.165) is 18.7 Å². The minimum absolute atomic E-state index is 0.152. The first-order valence-corrected chi connectivity index (χ1v) is 6.77. The van der Waals surface area contributed by atoms with E-state index in [0.29, 0.717) is 4.90 Å². The number of rotatable bonds is 5. The van der Waals surface area contributed by atoms with E-state index in [-0.39, 0.29) is 5.75 Å². The Balaban J connectivity index is 2.81. The van der Waals surface area contributed by atoms with Crippen molar-refractivity contribution in [2.24, 2.45) is 0 Å². The van der Waals surface area contributed by atoms with Gasteiger partial charge in [0.2, 0.25) is 0 Å². The van der Waals surface area contributed by atoms with Crippen LogP contribution < -0.4 is 5.32 Å². The molecule has 1 aromatic rings. The van der Waals surface area contributed by atoms with Crippen LogP contribution in [0.5, 0.6) is 0 Å². The molecule has 4 heteroatoms. The Morgan fingerprint density at radius 3 is 2.20 bits per heavy atom. The fraction of sp³-hybridized carbons (Fsp3) is 0.455. The molecule has 15 heavy (non-hydrogen) atoms. The zero-order valence-corrected chi connectivity index (χ0v) is 9.97. The summed E-state index contributed by atoms with van der Waals surface area (Å²) in [5, 5.41) is 3.19. The van der Waals surface area contributed by atoms with Gasteiger partial charge in [-0.15, -0.1) is 0 Å². The molecule has 0 fully saturated rings. The van der Waals surface area contributed by atoms with Gasteiger partial charge in [-0.05, 0) is 24.2 Å². The van der Waals surface area contributed by atoms with Crippen LogP contribution in [0.1, 0.15) is 19.4 Å². The zero-order valence-electron chi connectivity index (χ0n) is 9.16. The predicted molar refractivity (Wildman–Crippen MR) is 61.5 cm³/mol. The largest absolute Gasteiger partial charge is 0.313 e. The van der Waals surface area contributed by atoms with Gasteiger partial charge in [-0.3, -0.25) is 0 Å². The summed E-state index contributed by atoms with van der Waals surface area (Å²) in [5.74, 6) is 0.152. The van der Waals surface area contributed by atoms with E-state index in [2.05, 4.69) is 5.32 Å². The summed E-state index contributed by atoms with van der Waals surface area (Å²) in [4.78, 5) is 0.408. The molecule has 0 unspecified atom stereocenters. The highest BCUT2D eigenvalue weighted by Crippen LogP contribution is 2.12. The third kappa shape index (κ3) is 3.32. The molecule has 1 aromatic carbocycles. The molecule has 0 amide bonds. The maximum Gasteiger partial charge on any atom is 0.178 e. The number of nitrogens with one attached hydrogen (secondary N) is 1. The molecule has 1 rings (SSSR count). The Morgan fingerprint density at radius 1 is 1.13 bits per heavy atom. The van der Waals surface area contributed by atoms with E-state index in [1.807, 2.05) is 19.1 Å². The highest BCUT2D eigenvalue weighted by molar-refractivity contribution is 7.91. The molecule has 0 bridgehead atoms. The average Bonchev–Trinajstić information content (AvgIpc) is 2.27. The molecule has 0 heterocycles. The van der Waals surface area contributed by atoms with Crippen LogP contribution in [0.2, 0.25) is 0 Å². The smallest absolute Gasteiger partial charge is 0.178 e. The van der Waals surface area contributed by atoms with Gasteiger partial charge < -0.3 is 5.32 Å². The van der Waals surface area contributed by atoms with Gasteiger partial charge in [-0.1, -0.05) is 26.0 Å². The first-order chi connectivity index (χ1) is 7.10. The SMILES string of the molecule is CCNCc1ccc(S(=O)(=O)CC)cc1. The quantitative estimate of drug-likeness (QED) is 0.831. The van der Waals surface area contributed by atoms with Crippen molar-refractivity contribution in [3.05, 3.63) is 29.8 Å². The second kappa shape index (κ2) is 5.28. The first-order valence-electron chi connectivity index (χ1n) is 5.12. The van der Waals surface area contributed by atoms with Crippen molar-refractivity contribution >= 4 is 9.84 Å². The van der Waals surface area contributed by atoms with Gasteiger partial charge in [0, 0.05) is 6.54 Å². The van der Waals surface area contributed by atoms with Gasteiger partial charge >= 0.3 is 0 Å². The van der Waals surface area contributed by atoms with Gasteiger partial charge in [0.25, 0.3) is 0 Å². The van der Waals surface area contributed by atoms with Gasteiger partial charge in [-0.25, -0.2) is 8.42 Å². The third-order valence-corrected chi connectivity index (χ3v) is 3.99. The first kappa shape index (κ1) is 12.2. The van der Waals surface area contributed by atoms with Crippen LogP contribution in [0.3, 0.4) is 0 Å². The van der Waals surface area contributed by atoms with Crippen LogP contribution in [-0.2, 0) is 16.4 Å². The lowest BCUT2D eigenvalue weighted by molar-refractivity contribution is 0.597. The monoisotopic (exact) mass is 227 g/mol. The maximum atomic E-state index is 11.5. The normalized spacial score (nSPS) is 11.6. The van der Waals surface area contributed by atoms with Crippen LogP contribution in [0.4, 0.5) is 0 Å². The Kier molecular flexibility index (Phi) is 4.29. The van der Waals surface area contributed by atoms with E-state index in [4.69, 9.17) is 0 Å². The summed E-state index contributed by atoms with van der Waals surface area (Å²) in [6.45, 7) is 5.38. The van der Waals surface area contributed by atoms with Crippen molar-refractivity contribution in [1.29, 1.82) is 0 Å². The summed E-state index contributed by atoms with van der Waals surface area (Å²) < 4.78 is 23.0. The lowest BCUT2D eigenvalue weighted by Crippen LogP contribution is -2.11. The minimum atomic E-state index is -3.06. The fourth-order valence-corrected chi connectivity index (χ4v) is 2.13. The molecule has 0 atom stereocenters. The lowest BCUT2D eigenvalue weighted by atomic mass is 10.2. The molecule has 0 radical (unpaired) electrons. The Bertz CT molecular complexity index is 395. The summed E-state index contributed by atoms with van der Waals surface area (Å²) >= 11 is 0. The fourth-order valence-electron chi connectivity index (χ4n) is 1.25. The molecular formula is C11H17NO2S. The van der Waals surface area contributed by atoms with Crippen LogP contribution in [0, 0.1) is 0 Å². The molecule has 0 saturated carbocycles. The maximum absolute atomic E-state index is 11.5. The molecule has 0 saturated heterocycles. The topological polar surface area (TPSA) is 46.2 Å². The molecular weight excluding hydrogens is 210 g/mol. The molecule has 0 aromatic heterocycles. The van der Waals surface area contributed by atoms with Crippen LogP contribution in [-0.4, -0.2) is 20.7 Å². The van der Waals surface area contributed by atoms with Gasteiger partial charge in [0.15, 0.2) is 9.84 Å². The Hall–Kier alpha value is -0.870. The van der Waals surface area contributed by atoms with Crippen LogP contribution >= 0.6 is 0 Å². The van der Waals surface area contributed by atoms with E-state index in [1.165, 1.54) is 0 Å². The molecule has 3 nitrogen and oxygen atoms in total. The molecule has 84 valence electrons. The van der Waals surface area contributed by atoms with Crippen LogP contribution in [0.25, 0.3) is 0 Å². The van der Waals surface area contributed by atoms with Crippen molar-refractivity contribution in [3.63, 3.8) is 0 Å². The molecule has 0 spiro atoms. The Morgan fingerprint density at radius 2 is 1.73 bits per heavy atom. The summed E-state index contributed by atoms with van der Waals surface area (Å²) in [7, 11) is -3.06. The lowest BCUT2D eigenvalue weighted by Gasteiger charge is -2.04. The van der Waals surface area contributed by atoms with Crippen molar-refractivity contribution in [2.75, 3.05) is 12.3 Å². The average molecular weight is 227 g/mol. The van der Waals surface area contributed by atoms with Crippen molar-refractivity contribution in [1.82, 2.24) is 5.32 Å². The van der Waals surface area contributed by atoms with Gasteiger partial charge in [0.1, 0.15) is 0 Å². The van der Waals surface area contributed by atoms with Crippen molar-refractivity contribution < 1.29 is 8.42 Å². The molecule has 0 aliphatic rings. The highest BCUT2D eigenvalue weighted by Gasteiger charge is 2.10. The van der Waals surface area contributed by atoms with E-state index < -0.39 is 9.84 Å². The van der Waals surface area contributed by atoms with Gasteiger partial charge in [0.05, 0.1) is 10.6 Å². The van der Waals surface area contributed by atoms with Crippen LogP contribution in [0.15, 0.2) is 29.2 Å². The van der Waals surface area contributed by atoms with E-state index in [9.17, 15) is 8.42 Å². The second-order valence-electron chi connectivity index (χ2n) is 3.33. The minimum Gasteiger partial charge on any atom is -0.313 e. The number of hydrogen-bond donors (Lipinski definition) is 1. The zero-order chi connectivity index (χ0) is 11.3. The summed E-state index contributed by atoms with van der Waals surface area (Å²) in [6.07, 6.45) is 0. The number of hydrogen-bond acceptors (Lipinski definition) is 3. The third-order valence-electron chi connectivity index (χ3n) is 2.24. The van der Waals surface area contributed by atoms with Gasteiger partial charge in [-0.2, -0.15) is 0 Å². The van der Waals surface area contributed by atoms with E-state index in [1.54, 1.807) is 19.1 Å². The standard InChI is InChI=1S/C11H17NO2S/c1-3-12-9-10-5-7-11(8-6-10)15(13,14)4-2/h5-8,12H,3-4,9H2,1-2H3. The Labute approximate surface area is 91.4 Å². The molecule has 1 N–H and O–H groups in total. The summed E-state index contributed by atoms with van der Waals surface area (Å²) in [5.41, 5.74) is 1.10. The van der Waals surface area contributed by atoms with E-state index >= 15 is 0 Å². The molecule has 0 aliphatic heterocycles. The summed E-state index contributed by atoms with van der Waals surface area (Å²) in [6, 6.07) is 7.05. The van der Waals surface area contributed by atoms with Crippen molar-refractivity contribution in [3.8, 4) is 0 Å². The second-order valence-corrected chi connectivity index (χ2v) is 5.61. The molecule has 0 aliphatic carbocycles.